The highest BCUT2D eigenvalue weighted by atomic mass is 32.1. The van der Waals surface area contributed by atoms with E-state index in [2.05, 4.69) is 34.2 Å². The number of hydrogen-bond acceptors (Lipinski definition) is 6. The minimum absolute atomic E-state index is 0.0765. The van der Waals surface area contributed by atoms with Crippen LogP contribution in [0, 0.1) is 11.8 Å². The molecular formula is C17H24F2N4S2. The zero-order valence-electron chi connectivity index (χ0n) is 15.0. The highest BCUT2D eigenvalue weighted by molar-refractivity contribution is 7.09. The van der Waals surface area contributed by atoms with Crippen molar-refractivity contribution >= 4 is 22.7 Å². The minimum Gasteiger partial charge on any atom is -0.207 e. The first-order chi connectivity index (χ1) is 11.7. The Kier molecular flexibility index (Phi) is 4.96. The van der Waals surface area contributed by atoms with E-state index in [0.29, 0.717) is 5.41 Å². The molecule has 0 atom stereocenters. The molecule has 4 rings (SSSR count). The maximum absolute atomic E-state index is 12.9. The van der Waals surface area contributed by atoms with Gasteiger partial charge in [-0.1, -0.05) is 27.7 Å². The molecule has 138 valence electrons. The summed E-state index contributed by atoms with van der Waals surface area (Å²) in [6, 6.07) is 0. The molecule has 2 fully saturated rings. The first kappa shape index (κ1) is 18.8. The highest BCUT2D eigenvalue weighted by Crippen LogP contribution is 2.57. The lowest BCUT2D eigenvalue weighted by atomic mass is 9.60. The highest BCUT2D eigenvalue weighted by Gasteiger charge is 2.60. The van der Waals surface area contributed by atoms with E-state index >= 15 is 0 Å². The molecule has 0 N–H and O–H groups in total. The third-order valence-corrected chi connectivity index (χ3v) is 7.54. The van der Waals surface area contributed by atoms with E-state index in [1.807, 2.05) is 19.4 Å². The average Bonchev–Trinajstić information content (AvgIpc) is 2.93. The normalized spacial score (nSPS) is 22.2. The third kappa shape index (κ3) is 3.47. The van der Waals surface area contributed by atoms with E-state index in [9.17, 15) is 8.78 Å². The summed E-state index contributed by atoms with van der Waals surface area (Å²) in [5, 5.41) is 17.7. The van der Waals surface area contributed by atoms with Gasteiger partial charge in [0.2, 0.25) is 5.92 Å². The molecule has 0 aromatic carbocycles. The SMILES string of the molecule is CC(C)C1(c2nncs2)CC(F)(F)C1.CC(C)C1(c2nncs2)CC1. The van der Waals surface area contributed by atoms with Gasteiger partial charge in [0.1, 0.15) is 21.0 Å². The lowest BCUT2D eigenvalue weighted by molar-refractivity contribution is -0.141. The number of alkyl halides is 2. The summed E-state index contributed by atoms with van der Waals surface area (Å²) in [6.07, 6.45) is 2.46. The fourth-order valence-electron chi connectivity index (χ4n) is 3.63. The topological polar surface area (TPSA) is 51.6 Å². The van der Waals surface area contributed by atoms with Crippen molar-refractivity contribution in [3.05, 3.63) is 21.0 Å². The Morgan fingerprint density at radius 1 is 0.840 bits per heavy atom. The maximum atomic E-state index is 12.9. The van der Waals surface area contributed by atoms with Gasteiger partial charge in [-0.3, -0.25) is 0 Å². The lowest BCUT2D eigenvalue weighted by Crippen LogP contribution is -2.52. The largest absolute Gasteiger partial charge is 0.250 e. The Morgan fingerprint density at radius 3 is 1.56 bits per heavy atom. The van der Waals surface area contributed by atoms with Gasteiger partial charge >= 0.3 is 0 Å². The van der Waals surface area contributed by atoms with Gasteiger partial charge in [-0.2, -0.15) is 0 Å². The molecule has 2 saturated carbocycles. The second kappa shape index (κ2) is 6.61. The van der Waals surface area contributed by atoms with E-state index < -0.39 is 11.3 Å². The summed E-state index contributed by atoms with van der Waals surface area (Å²) >= 11 is 3.08. The predicted octanol–water partition coefficient (Wildman–Crippen LogP) is 5.09. The van der Waals surface area contributed by atoms with Crippen molar-refractivity contribution in [2.75, 3.05) is 0 Å². The quantitative estimate of drug-likeness (QED) is 0.735. The van der Waals surface area contributed by atoms with Crippen LogP contribution in [-0.2, 0) is 10.8 Å². The van der Waals surface area contributed by atoms with Crippen molar-refractivity contribution in [1.82, 2.24) is 20.4 Å². The van der Waals surface area contributed by atoms with Crippen molar-refractivity contribution in [3.63, 3.8) is 0 Å². The van der Waals surface area contributed by atoms with Crippen molar-refractivity contribution < 1.29 is 8.78 Å². The van der Waals surface area contributed by atoms with Gasteiger partial charge in [-0.15, -0.1) is 43.1 Å². The van der Waals surface area contributed by atoms with Crippen LogP contribution in [0.1, 0.15) is 63.4 Å². The zero-order chi connectivity index (χ0) is 18.3. The van der Waals surface area contributed by atoms with E-state index in [4.69, 9.17) is 0 Å². The Morgan fingerprint density at radius 2 is 1.28 bits per heavy atom. The molecule has 4 nitrogen and oxygen atoms in total. The number of halogens is 2. The molecule has 0 unspecified atom stereocenters. The second-order valence-corrected chi connectivity index (χ2v) is 9.49. The Hall–Kier alpha value is -1.02. The van der Waals surface area contributed by atoms with Gasteiger partial charge in [-0.05, 0) is 24.7 Å². The van der Waals surface area contributed by atoms with Crippen molar-refractivity contribution in [1.29, 1.82) is 0 Å². The predicted molar refractivity (Wildman–Crippen MR) is 96.3 cm³/mol. The monoisotopic (exact) mass is 386 g/mol. The van der Waals surface area contributed by atoms with Crippen LogP contribution in [0.3, 0.4) is 0 Å². The third-order valence-electron chi connectivity index (χ3n) is 5.72. The van der Waals surface area contributed by atoms with Crippen LogP contribution in [0.5, 0.6) is 0 Å². The molecule has 0 saturated heterocycles. The van der Waals surface area contributed by atoms with Crippen LogP contribution in [0.4, 0.5) is 8.78 Å². The molecule has 2 aliphatic carbocycles. The molecule has 2 aromatic heterocycles. The van der Waals surface area contributed by atoms with Gasteiger partial charge in [0, 0.05) is 23.7 Å². The maximum Gasteiger partial charge on any atom is 0.250 e. The molecule has 0 amide bonds. The standard InChI is InChI=1S/C9H12F2N2S.C8H12N2S/c1-6(2)8(3-9(10,11)4-8)7-13-12-5-14-7;1-6(2)8(3-4-8)7-10-9-5-11-7/h5-6H,3-4H2,1-2H3;5-6H,3-4H2,1-2H3. The zero-order valence-corrected chi connectivity index (χ0v) is 16.6. The fourth-order valence-corrected chi connectivity index (χ4v) is 5.50. The van der Waals surface area contributed by atoms with Crippen LogP contribution in [-0.4, -0.2) is 26.3 Å². The second-order valence-electron chi connectivity index (χ2n) is 7.82. The summed E-state index contributed by atoms with van der Waals surface area (Å²) in [7, 11) is 0. The van der Waals surface area contributed by atoms with E-state index in [0.717, 1.165) is 10.9 Å². The first-order valence-corrected chi connectivity index (χ1v) is 10.4. The number of aromatic nitrogens is 4. The summed E-state index contributed by atoms with van der Waals surface area (Å²) < 4.78 is 25.9. The van der Waals surface area contributed by atoms with Crippen LogP contribution < -0.4 is 0 Å². The van der Waals surface area contributed by atoms with Crippen LogP contribution >= 0.6 is 22.7 Å². The minimum atomic E-state index is -2.50. The summed E-state index contributed by atoms with van der Waals surface area (Å²) in [4.78, 5) is 0. The Balaban J connectivity index is 0.000000150. The smallest absolute Gasteiger partial charge is 0.207 e. The van der Waals surface area contributed by atoms with Crippen molar-refractivity contribution in [2.45, 2.75) is 70.1 Å². The lowest BCUT2D eigenvalue weighted by Gasteiger charge is -2.48. The fraction of sp³-hybridized carbons (Fsp3) is 0.765. The van der Waals surface area contributed by atoms with Gasteiger partial charge in [0.05, 0.1) is 0 Å². The molecule has 8 heteroatoms. The molecule has 0 aliphatic heterocycles. The summed E-state index contributed by atoms with van der Waals surface area (Å²) in [5.41, 5.74) is 3.43. The van der Waals surface area contributed by atoms with Gasteiger partial charge in [-0.25, -0.2) is 8.78 Å². The van der Waals surface area contributed by atoms with Gasteiger partial charge in [0.15, 0.2) is 0 Å². The number of hydrogen-bond donors (Lipinski definition) is 0. The molecule has 2 aliphatic rings. The van der Waals surface area contributed by atoms with E-state index in [1.165, 1.54) is 29.2 Å². The molecule has 25 heavy (non-hydrogen) atoms. The van der Waals surface area contributed by atoms with Crippen molar-refractivity contribution in [3.8, 4) is 0 Å². The molecule has 0 radical (unpaired) electrons. The number of nitrogens with zero attached hydrogens (tertiary/aromatic N) is 4. The first-order valence-electron chi connectivity index (χ1n) is 8.63. The average molecular weight is 387 g/mol. The van der Waals surface area contributed by atoms with E-state index in [1.54, 1.807) is 16.8 Å². The summed E-state index contributed by atoms with van der Waals surface area (Å²) in [6.45, 7) is 8.48. The van der Waals surface area contributed by atoms with Gasteiger partial charge < -0.3 is 0 Å². The molecule has 0 bridgehead atoms. The Labute approximate surface area is 155 Å². The molecule has 2 heterocycles. The van der Waals surface area contributed by atoms with Crippen molar-refractivity contribution in [2.24, 2.45) is 11.8 Å². The Bertz CT molecular complexity index is 672. The van der Waals surface area contributed by atoms with Crippen LogP contribution in [0.2, 0.25) is 0 Å². The molecule has 2 aromatic rings. The van der Waals surface area contributed by atoms with Crippen LogP contribution in [0.25, 0.3) is 0 Å². The van der Waals surface area contributed by atoms with Crippen LogP contribution in [0.15, 0.2) is 11.0 Å². The summed E-state index contributed by atoms with van der Waals surface area (Å²) in [5.74, 6) is -1.60. The van der Waals surface area contributed by atoms with Gasteiger partial charge in [0.25, 0.3) is 0 Å². The molecular weight excluding hydrogens is 362 g/mol. The number of rotatable bonds is 4. The van der Waals surface area contributed by atoms with E-state index in [-0.39, 0.29) is 18.8 Å². The molecule has 0 spiro atoms.